The third kappa shape index (κ3) is 6.96. The highest BCUT2D eigenvalue weighted by molar-refractivity contribution is 6.30. The van der Waals surface area contributed by atoms with Gasteiger partial charge >= 0.3 is 6.18 Å². The molecule has 10 heteroatoms. The summed E-state index contributed by atoms with van der Waals surface area (Å²) < 4.78 is 36.8. The van der Waals surface area contributed by atoms with Gasteiger partial charge in [-0.15, -0.1) is 0 Å². The molecule has 1 atom stereocenters. The number of halogens is 4. The largest absolute Gasteiger partial charge is 0.405 e. The van der Waals surface area contributed by atoms with Crippen LogP contribution in [0.4, 0.5) is 13.2 Å². The lowest BCUT2D eigenvalue weighted by molar-refractivity contribution is -0.136. The molecule has 2 aromatic rings. The second-order valence-electron chi connectivity index (χ2n) is 8.29. The van der Waals surface area contributed by atoms with Gasteiger partial charge in [-0.3, -0.25) is 14.4 Å². The molecular weight excluding hydrogens is 471 g/mol. The molecule has 6 nitrogen and oxygen atoms in total. The highest BCUT2D eigenvalue weighted by Gasteiger charge is 2.31. The number of benzene rings is 2. The maximum absolute atomic E-state index is 13.0. The number of piperidine rings is 1. The van der Waals surface area contributed by atoms with Crippen molar-refractivity contribution >= 4 is 29.3 Å². The summed E-state index contributed by atoms with van der Waals surface area (Å²) in [6, 6.07) is 12.7. The van der Waals surface area contributed by atoms with Gasteiger partial charge < -0.3 is 15.1 Å². The predicted molar refractivity (Wildman–Crippen MR) is 121 cm³/mol. The van der Waals surface area contributed by atoms with Gasteiger partial charge in [0.1, 0.15) is 6.54 Å². The van der Waals surface area contributed by atoms with E-state index in [1.165, 1.54) is 12.1 Å². The van der Waals surface area contributed by atoms with Gasteiger partial charge in [-0.25, -0.2) is 0 Å². The molecule has 0 radical (unpaired) electrons. The van der Waals surface area contributed by atoms with Gasteiger partial charge in [-0.1, -0.05) is 23.7 Å². The number of hydrogen-bond acceptors (Lipinski definition) is 3. The zero-order chi connectivity index (χ0) is 24.9. The summed E-state index contributed by atoms with van der Waals surface area (Å²) in [6.07, 6.45) is -3.09. The fourth-order valence-electron chi connectivity index (χ4n) is 3.85. The van der Waals surface area contributed by atoms with E-state index in [1.807, 2.05) is 5.32 Å². The van der Waals surface area contributed by atoms with Crippen LogP contribution in [-0.4, -0.2) is 60.4 Å². The molecule has 0 spiro atoms. The molecule has 1 aliphatic heterocycles. The molecule has 0 unspecified atom stereocenters. The van der Waals surface area contributed by atoms with Crippen LogP contribution >= 0.6 is 11.6 Å². The van der Waals surface area contributed by atoms with E-state index in [0.717, 1.165) is 5.56 Å². The van der Waals surface area contributed by atoms with E-state index in [4.69, 9.17) is 11.6 Å². The second-order valence-corrected chi connectivity index (χ2v) is 8.72. The summed E-state index contributed by atoms with van der Waals surface area (Å²) in [7, 11) is 1.66. The minimum Gasteiger partial charge on any atom is -0.343 e. The van der Waals surface area contributed by atoms with Crippen LogP contribution in [0.15, 0.2) is 48.5 Å². The normalized spacial score (nSPS) is 16.1. The van der Waals surface area contributed by atoms with Crippen LogP contribution in [0, 0.1) is 5.92 Å². The van der Waals surface area contributed by atoms with Crippen molar-refractivity contribution < 1.29 is 27.6 Å². The third-order valence-corrected chi connectivity index (χ3v) is 5.86. The second kappa shape index (κ2) is 10.9. The summed E-state index contributed by atoms with van der Waals surface area (Å²) in [5, 5.41) is 2.36. The molecule has 34 heavy (non-hydrogen) atoms. The summed E-state index contributed by atoms with van der Waals surface area (Å²) in [4.78, 5) is 40.9. The number of amides is 3. The maximum Gasteiger partial charge on any atom is 0.405 e. The number of carbonyl (C=O) groups is 3. The lowest BCUT2D eigenvalue weighted by atomic mass is 9.95. The Balaban J connectivity index is 1.56. The van der Waals surface area contributed by atoms with E-state index in [1.54, 1.807) is 53.2 Å². The van der Waals surface area contributed by atoms with Crippen molar-refractivity contribution in [3.8, 4) is 0 Å². The first-order valence-corrected chi connectivity index (χ1v) is 11.1. The molecule has 182 valence electrons. The lowest BCUT2D eigenvalue weighted by Gasteiger charge is -2.34. The predicted octanol–water partition coefficient (Wildman–Crippen LogP) is 4.14. The highest BCUT2D eigenvalue weighted by Crippen LogP contribution is 2.22. The van der Waals surface area contributed by atoms with Gasteiger partial charge in [-0.05, 0) is 54.8 Å². The molecule has 3 amide bonds. The molecular formula is C24H25ClF3N3O3. The average molecular weight is 496 g/mol. The van der Waals surface area contributed by atoms with E-state index >= 15 is 0 Å². The molecule has 1 N–H and O–H groups in total. The van der Waals surface area contributed by atoms with Crippen molar-refractivity contribution in [2.45, 2.75) is 25.6 Å². The van der Waals surface area contributed by atoms with Crippen molar-refractivity contribution in [1.82, 2.24) is 15.1 Å². The molecule has 0 aliphatic carbocycles. The SMILES string of the molecule is CN(Cc1ccc(C(=O)NCC(F)(F)F)cc1)C(=O)[C@@H]1CCCN(C(=O)c2ccc(Cl)cc2)C1. The molecule has 3 rings (SSSR count). The molecule has 1 saturated heterocycles. The van der Waals surface area contributed by atoms with Crippen molar-refractivity contribution in [2.75, 3.05) is 26.7 Å². The molecule has 1 fully saturated rings. The number of likely N-dealkylation sites (tertiary alicyclic amines) is 1. The Labute approximate surface area is 200 Å². The van der Waals surface area contributed by atoms with Gasteiger partial charge in [0.05, 0.1) is 5.92 Å². The zero-order valence-electron chi connectivity index (χ0n) is 18.6. The standard InChI is InChI=1S/C24H25ClF3N3O3/c1-30(13-16-4-6-17(7-5-16)21(32)29-15-24(26,27)28)22(33)19-3-2-12-31(14-19)23(34)18-8-10-20(25)11-9-18/h4-11,19H,2-3,12-15H2,1H3,(H,29,32)/t19-/m1/s1. The van der Waals surface area contributed by atoms with Gasteiger partial charge in [0.25, 0.3) is 11.8 Å². The Kier molecular flexibility index (Phi) is 8.19. The van der Waals surface area contributed by atoms with Crippen molar-refractivity contribution in [1.29, 1.82) is 0 Å². The average Bonchev–Trinajstić information content (AvgIpc) is 2.82. The van der Waals surface area contributed by atoms with Gasteiger partial charge in [-0.2, -0.15) is 13.2 Å². The van der Waals surface area contributed by atoms with Crippen molar-refractivity contribution in [2.24, 2.45) is 5.92 Å². The van der Waals surface area contributed by atoms with Crippen LogP contribution < -0.4 is 5.32 Å². The van der Waals surface area contributed by atoms with E-state index in [9.17, 15) is 27.6 Å². The van der Waals surface area contributed by atoms with E-state index in [2.05, 4.69) is 0 Å². The number of alkyl halides is 3. The van der Waals surface area contributed by atoms with Crippen molar-refractivity contribution in [3.63, 3.8) is 0 Å². The Bertz CT molecular complexity index is 1030. The summed E-state index contributed by atoms with van der Waals surface area (Å²) in [6.45, 7) is -0.232. The fraction of sp³-hybridized carbons (Fsp3) is 0.375. The quantitative estimate of drug-likeness (QED) is 0.654. The highest BCUT2D eigenvalue weighted by atomic mass is 35.5. The Hall–Kier alpha value is -3.07. The van der Waals surface area contributed by atoms with E-state index in [0.29, 0.717) is 36.5 Å². The van der Waals surface area contributed by atoms with Gasteiger partial charge in [0.15, 0.2) is 0 Å². The molecule has 0 saturated carbocycles. The first-order chi connectivity index (χ1) is 16.0. The number of carbonyl (C=O) groups excluding carboxylic acids is 3. The zero-order valence-corrected chi connectivity index (χ0v) is 19.3. The minimum atomic E-state index is -4.48. The molecule has 0 aromatic heterocycles. The smallest absolute Gasteiger partial charge is 0.343 e. The molecule has 1 aliphatic rings. The molecule has 0 bridgehead atoms. The number of rotatable bonds is 6. The minimum absolute atomic E-state index is 0.0967. The fourth-order valence-corrected chi connectivity index (χ4v) is 3.97. The van der Waals surface area contributed by atoms with Crippen LogP contribution in [0.2, 0.25) is 5.02 Å². The third-order valence-electron chi connectivity index (χ3n) is 5.61. The number of nitrogens with zero attached hydrogens (tertiary/aromatic N) is 2. The number of hydrogen-bond donors (Lipinski definition) is 1. The summed E-state index contributed by atoms with van der Waals surface area (Å²) in [5.74, 6) is -1.39. The Morgan fingerprint density at radius 1 is 1.06 bits per heavy atom. The molecule has 2 aromatic carbocycles. The summed E-state index contributed by atoms with van der Waals surface area (Å²) >= 11 is 5.89. The molecule has 1 heterocycles. The monoisotopic (exact) mass is 495 g/mol. The van der Waals surface area contributed by atoms with Gasteiger partial charge in [0, 0.05) is 42.8 Å². The van der Waals surface area contributed by atoms with Crippen LogP contribution in [0.5, 0.6) is 0 Å². The Morgan fingerprint density at radius 2 is 1.68 bits per heavy atom. The van der Waals surface area contributed by atoms with E-state index in [-0.39, 0.29) is 29.8 Å². The summed E-state index contributed by atoms with van der Waals surface area (Å²) in [5.41, 5.74) is 1.35. The van der Waals surface area contributed by atoms with Crippen LogP contribution in [0.1, 0.15) is 39.1 Å². The van der Waals surface area contributed by atoms with Gasteiger partial charge in [0.2, 0.25) is 5.91 Å². The first kappa shape index (κ1) is 25.6. The van der Waals surface area contributed by atoms with Crippen LogP contribution in [0.25, 0.3) is 0 Å². The van der Waals surface area contributed by atoms with Crippen molar-refractivity contribution in [3.05, 3.63) is 70.2 Å². The maximum atomic E-state index is 13.0. The lowest BCUT2D eigenvalue weighted by Crippen LogP contribution is -2.45. The van der Waals surface area contributed by atoms with E-state index < -0.39 is 18.6 Å². The topological polar surface area (TPSA) is 69.7 Å². The Morgan fingerprint density at radius 3 is 2.29 bits per heavy atom. The van der Waals surface area contributed by atoms with Crippen LogP contribution in [-0.2, 0) is 11.3 Å². The number of nitrogens with one attached hydrogen (secondary N) is 1. The van der Waals surface area contributed by atoms with Crippen LogP contribution in [0.3, 0.4) is 0 Å². The first-order valence-electron chi connectivity index (χ1n) is 10.8.